The Labute approximate surface area is 233 Å². The van der Waals surface area contributed by atoms with E-state index in [1.807, 2.05) is 0 Å². The molecule has 19 heteroatoms. The predicted molar refractivity (Wildman–Crippen MR) is 143 cm³/mol. The van der Waals surface area contributed by atoms with Gasteiger partial charge < -0.3 is 26.7 Å². The minimum absolute atomic E-state index is 0. The Balaban J connectivity index is 0.00000228. The van der Waals surface area contributed by atoms with Crippen LogP contribution in [0, 0.1) is 0 Å². The molecule has 0 radical (unpaired) electrons. The number of β-lactam (4-membered cyclic amide) rings is 1. The van der Waals surface area contributed by atoms with Crippen molar-refractivity contribution in [3.63, 3.8) is 0 Å². The second-order valence-corrected chi connectivity index (χ2v) is 10.8. The number of nitrogens with zero attached hydrogens (tertiary/aromatic N) is 5. The zero-order chi connectivity index (χ0) is 24.2. The quantitative estimate of drug-likeness (QED) is 0.0957. The molecular weight excluding hydrogens is 595 g/mol. The zero-order valence-electron chi connectivity index (χ0n) is 18.1. The maximum Gasteiger partial charge on any atom is 0.352 e. The SMILES string of the molecule is Cl.Cl.NCCON=C(C(=O)NC1C(=O)N2C(C(=O)O)=C(CSc3nncs3)CS[C@@H]12)c1csc(N)n1. The summed E-state index contributed by atoms with van der Waals surface area (Å²) in [6.07, 6.45) is 0. The number of anilines is 1. The smallest absolute Gasteiger partial charge is 0.352 e. The largest absolute Gasteiger partial charge is 0.477 e. The molecule has 2 atom stereocenters. The number of thioether (sulfide) groups is 2. The van der Waals surface area contributed by atoms with Crippen molar-refractivity contribution in [3.05, 3.63) is 27.9 Å². The first-order valence-electron chi connectivity index (χ1n) is 9.62. The average molecular weight is 616 g/mol. The molecule has 196 valence electrons. The lowest BCUT2D eigenvalue weighted by Crippen LogP contribution is -2.71. The van der Waals surface area contributed by atoms with Crippen LogP contribution in [0.1, 0.15) is 5.69 Å². The van der Waals surface area contributed by atoms with Crippen LogP contribution in [0.25, 0.3) is 0 Å². The number of carbonyl (C=O) groups excluding carboxylic acids is 2. The normalized spacial score (nSPS) is 19.0. The number of amides is 2. The first-order valence-corrected chi connectivity index (χ1v) is 13.4. The summed E-state index contributed by atoms with van der Waals surface area (Å²) in [7, 11) is 0. The van der Waals surface area contributed by atoms with Crippen LogP contribution in [-0.4, -0.2) is 84.8 Å². The van der Waals surface area contributed by atoms with E-state index in [1.54, 1.807) is 5.51 Å². The number of hydrogen-bond donors (Lipinski definition) is 4. The molecule has 2 amide bonds. The fourth-order valence-corrected chi connectivity index (χ4v) is 6.66. The van der Waals surface area contributed by atoms with Gasteiger partial charge in [0.1, 0.15) is 34.9 Å². The van der Waals surface area contributed by atoms with Gasteiger partial charge in [0.05, 0.1) is 0 Å². The second-order valence-electron chi connectivity index (χ2n) is 6.74. The van der Waals surface area contributed by atoms with E-state index in [4.69, 9.17) is 16.3 Å². The van der Waals surface area contributed by atoms with Crippen molar-refractivity contribution < 1.29 is 24.3 Å². The Bertz CT molecular complexity index is 1160. The van der Waals surface area contributed by atoms with Crippen molar-refractivity contribution in [1.29, 1.82) is 0 Å². The number of nitrogen functional groups attached to an aromatic ring is 1. The van der Waals surface area contributed by atoms with Gasteiger partial charge in [0.25, 0.3) is 11.8 Å². The van der Waals surface area contributed by atoms with Crippen molar-refractivity contribution in [1.82, 2.24) is 25.4 Å². The molecule has 4 rings (SSSR count). The van der Waals surface area contributed by atoms with Crippen LogP contribution in [0.3, 0.4) is 0 Å². The van der Waals surface area contributed by atoms with Gasteiger partial charge in [-0.1, -0.05) is 28.3 Å². The van der Waals surface area contributed by atoms with Gasteiger partial charge in [-0.15, -0.1) is 58.1 Å². The molecule has 0 aliphatic carbocycles. The van der Waals surface area contributed by atoms with E-state index in [0.29, 0.717) is 21.4 Å². The monoisotopic (exact) mass is 614 g/mol. The van der Waals surface area contributed by atoms with E-state index in [2.05, 4.69) is 25.7 Å². The maximum absolute atomic E-state index is 12.9. The molecule has 4 heterocycles. The summed E-state index contributed by atoms with van der Waals surface area (Å²) in [4.78, 5) is 48.1. The van der Waals surface area contributed by atoms with Crippen LogP contribution >= 0.6 is 71.0 Å². The Morgan fingerprint density at radius 2 is 2.14 bits per heavy atom. The number of hydrogen-bond acceptors (Lipinski definition) is 14. The van der Waals surface area contributed by atoms with Crippen LogP contribution in [-0.2, 0) is 19.2 Å². The third-order valence-electron chi connectivity index (χ3n) is 4.59. The highest BCUT2D eigenvalue weighted by Gasteiger charge is 2.54. The lowest BCUT2D eigenvalue weighted by molar-refractivity contribution is -0.150. The number of carbonyl (C=O) groups is 3. The number of nitrogens with one attached hydrogen (secondary N) is 1. The van der Waals surface area contributed by atoms with Gasteiger partial charge in [0.15, 0.2) is 15.2 Å². The summed E-state index contributed by atoms with van der Waals surface area (Å²) in [5, 5.41) is 25.1. The van der Waals surface area contributed by atoms with Crippen LogP contribution in [0.5, 0.6) is 0 Å². The Morgan fingerprint density at radius 3 is 2.75 bits per heavy atom. The average Bonchev–Trinajstić information content (AvgIpc) is 3.49. The summed E-state index contributed by atoms with van der Waals surface area (Å²) in [5.74, 6) is -1.68. The number of thiazole rings is 1. The van der Waals surface area contributed by atoms with Crippen molar-refractivity contribution in [2.75, 3.05) is 30.4 Å². The maximum atomic E-state index is 12.9. The fourth-order valence-electron chi connectivity index (χ4n) is 3.14. The van der Waals surface area contributed by atoms with Crippen LogP contribution in [0.2, 0.25) is 0 Å². The zero-order valence-corrected chi connectivity index (χ0v) is 23.0. The first-order chi connectivity index (χ1) is 16.4. The molecule has 1 unspecified atom stereocenters. The third kappa shape index (κ3) is 6.39. The molecule has 13 nitrogen and oxygen atoms in total. The van der Waals surface area contributed by atoms with Gasteiger partial charge in [-0.25, -0.2) is 9.78 Å². The number of nitrogens with two attached hydrogens (primary N) is 2. The van der Waals surface area contributed by atoms with Gasteiger partial charge in [0.2, 0.25) is 0 Å². The molecule has 0 spiro atoms. The standard InChI is InChI=1S/C17H18N8O5S4.2ClH/c18-1-2-30-24-9(8-5-32-16(19)21-8)12(26)22-10-13(27)25-11(15(28)29)7(3-31-14(10)25)4-33-17-23-20-6-34-17;;/h5-6,10,14H,1-4,18H2,(H2,19,21)(H,22,26)(H,28,29);2*1H/t10?,14-;;/m0../s1. The van der Waals surface area contributed by atoms with Crippen LogP contribution in [0.4, 0.5) is 5.13 Å². The van der Waals surface area contributed by atoms with E-state index in [-0.39, 0.29) is 60.2 Å². The topological polar surface area (TPSA) is 199 Å². The molecule has 1 fully saturated rings. The predicted octanol–water partition coefficient (Wildman–Crippen LogP) is 0.631. The second kappa shape index (κ2) is 13.4. The lowest BCUT2D eigenvalue weighted by Gasteiger charge is -2.49. The summed E-state index contributed by atoms with van der Waals surface area (Å²) in [6.45, 7) is 0.270. The Hall–Kier alpha value is -2.15. The van der Waals surface area contributed by atoms with E-state index in [1.165, 1.54) is 45.1 Å². The highest BCUT2D eigenvalue weighted by atomic mass is 35.5. The number of carboxylic acid groups (broad SMARTS) is 1. The van der Waals surface area contributed by atoms with Crippen molar-refractivity contribution in [2.24, 2.45) is 10.9 Å². The number of rotatable bonds is 10. The van der Waals surface area contributed by atoms with Gasteiger partial charge in [-0.3, -0.25) is 14.5 Å². The van der Waals surface area contributed by atoms with Gasteiger partial charge >= 0.3 is 5.97 Å². The molecule has 0 saturated carbocycles. The van der Waals surface area contributed by atoms with Gasteiger partial charge in [-0.05, 0) is 5.57 Å². The highest BCUT2D eigenvalue weighted by Crippen LogP contribution is 2.41. The van der Waals surface area contributed by atoms with E-state index < -0.39 is 29.2 Å². The Morgan fingerprint density at radius 1 is 1.36 bits per heavy atom. The van der Waals surface area contributed by atoms with Crippen molar-refractivity contribution >= 4 is 99.6 Å². The van der Waals surface area contributed by atoms with Crippen LogP contribution < -0.4 is 16.8 Å². The highest BCUT2D eigenvalue weighted by molar-refractivity contribution is 8.01. The minimum atomic E-state index is -1.20. The molecule has 36 heavy (non-hydrogen) atoms. The fraction of sp³-hybridized carbons (Fsp3) is 0.353. The van der Waals surface area contributed by atoms with E-state index >= 15 is 0 Å². The van der Waals surface area contributed by atoms with Gasteiger partial charge in [0, 0.05) is 23.4 Å². The van der Waals surface area contributed by atoms with Gasteiger partial charge in [-0.2, -0.15) is 0 Å². The molecule has 1 saturated heterocycles. The summed E-state index contributed by atoms with van der Waals surface area (Å²) >= 11 is 5.19. The summed E-state index contributed by atoms with van der Waals surface area (Å²) < 4.78 is 0.704. The van der Waals surface area contributed by atoms with Crippen molar-refractivity contribution in [2.45, 2.75) is 15.8 Å². The molecule has 2 aliphatic rings. The third-order valence-corrected chi connectivity index (χ3v) is 8.55. The molecule has 6 N–H and O–H groups in total. The summed E-state index contributed by atoms with van der Waals surface area (Å²) in [5.41, 5.74) is 13.2. The summed E-state index contributed by atoms with van der Waals surface area (Å²) in [6, 6.07) is -0.931. The Kier molecular flexibility index (Phi) is 11.2. The molecule has 2 aromatic rings. The lowest BCUT2D eigenvalue weighted by atomic mass is 10.0. The van der Waals surface area contributed by atoms with E-state index in [9.17, 15) is 19.5 Å². The first kappa shape index (κ1) is 30.1. The number of aliphatic carboxylic acids is 1. The number of fused-ring (bicyclic) bond motifs is 1. The number of carboxylic acids is 1. The molecule has 0 aromatic carbocycles. The molecular formula is C17H20Cl2N8O5S4. The van der Waals surface area contributed by atoms with Crippen LogP contribution in [0.15, 0.2) is 31.7 Å². The number of halogens is 2. The molecule has 2 aromatic heterocycles. The number of aromatic nitrogens is 3. The van der Waals surface area contributed by atoms with Crippen molar-refractivity contribution in [3.8, 4) is 0 Å². The number of oxime groups is 1. The van der Waals surface area contributed by atoms with E-state index in [0.717, 1.165) is 11.3 Å². The minimum Gasteiger partial charge on any atom is -0.477 e. The molecule has 0 bridgehead atoms. The molecule has 2 aliphatic heterocycles.